The predicted octanol–water partition coefficient (Wildman–Crippen LogP) is -0.00188. The van der Waals surface area contributed by atoms with Crippen molar-refractivity contribution in [2.45, 2.75) is 11.8 Å². The molecule has 0 bridgehead atoms. The molecule has 0 spiro atoms. The predicted molar refractivity (Wildman–Crippen MR) is 71.0 cm³/mol. The molecular weight excluding hydrogens is 268 g/mol. The van der Waals surface area contributed by atoms with Crippen molar-refractivity contribution in [2.24, 2.45) is 0 Å². The minimum absolute atomic E-state index is 0.00463. The maximum Gasteiger partial charge on any atom is 0.182 e. The van der Waals surface area contributed by atoms with Gasteiger partial charge in [-0.25, -0.2) is 8.42 Å². The second-order valence-corrected chi connectivity index (χ2v) is 5.98. The van der Waals surface area contributed by atoms with Crippen molar-refractivity contribution in [3.63, 3.8) is 0 Å². The fraction of sp³-hybridized carbons (Fsp3) is 0.300. The van der Waals surface area contributed by atoms with E-state index in [0.717, 1.165) is 11.9 Å². The van der Waals surface area contributed by atoms with Crippen LogP contribution in [0.1, 0.15) is 5.69 Å². The molecule has 3 N–H and O–H groups in total. The van der Waals surface area contributed by atoms with Gasteiger partial charge in [-0.3, -0.25) is 0 Å². The normalized spacial score (nSPS) is 11.5. The van der Waals surface area contributed by atoms with Crippen LogP contribution >= 0.6 is 0 Å². The summed E-state index contributed by atoms with van der Waals surface area (Å²) in [5.41, 5.74) is 6.59. The van der Waals surface area contributed by atoms with Gasteiger partial charge >= 0.3 is 0 Å². The average Bonchev–Trinajstić information content (AvgIpc) is 2.67. The highest BCUT2D eigenvalue weighted by atomic mass is 32.2. The highest BCUT2D eigenvalue weighted by Crippen LogP contribution is 2.28. The van der Waals surface area contributed by atoms with E-state index in [0.29, 0.717) is 5.82 Å². The third-order valence-electron chi connectivity index (χ3n) is 2.48. The third kappa shape index (κ3) is 2.36. The molecule has 102 valence electrons. The molecule has 0 saturated heterocycles. The summed E-state index contributed by atoms with van der Waals surface area (Å²) in [6.07, 6.45) is 1.08. The van der Waals surface area contributed by atoms with Gasteiger partial charge in [0, 0.05) is 13.3 Å². The molecule has 0 radical (unpaired) electrons. The second kappa shape index (κ2) is 4.50. The van der Waals surface area contributed by atoms with Gasteiger partial charge in [-0.1, -0.05) is 0 Å². The van der Waals surface area contributed by atoms with Crippen molar-refractivity contribution >= 4 is 21.5 Å². The molecule has 2 aromatic rings. The average molecular weight is 282 g/mol. The summed E-state index contributed by atoms with van der Waals surface area (Å²) in [7, 11) is -1.92. The number of nitrogens with zero attached hydrogens (tertiary/aromatic N) is 4. The SMILES string of the molecule is CNc1nn(-c2ccc(C)nn2)c(N)c1S(C)(=O)=O. The number of nitrogens with one attached hydrogen (secondary N) is 1. The second-order valence-electron chi connectivity index (χ2n) is 4.03. The summed E-state index contributed by atoms with van der Waals surface area (Å²) < 4.78 is 24.7. The Bertz CT molecular complexity index is 704. The molecule has 2 heterocycles. The summed E-state index contributed by atoms with van der Waals surface area (Å²) in [6.45, 7) is 1.80. The van der Waals surface area contributed by atoms with Crippen LogP contribution in [0.3, 0.4) is 0 Å². The molecule has 9 heteroatoms. The number of sulfone groups is 1. The first-order valence-corrected chi connectivity index (χ1v) is 7.30. The Morgan fingerprint density at radius 2 is 2.00 bits per heavy atom. The number of anilines is 2. The van der Waals surface area contributed by atoms with Gasteiger partial charge in [0.1, 0.15) is 5.82 Å². The summed E-state index contributed by atoms with van der Waals surface area (Å²) in [5.74, 6) is 0.543. The van der Waals surface area contributed by atoms with Crippen molar-refractivity contribution in [3.05, 3.63) is 17.8 Å². The maximum absolute atomic E-state index is 11.7. The zero-order chi connectivity index (χ0) is 14.2. The zero-order valence-corrected chi connectivity index (χ0v) is 11.6. The molecule has 2 rings (SSSR count). The monoisotopic (exact) mass is 282 g/mol. The number of nitrogens with two attached hydrogens (primary N) is 1. The highest BCUT2D eigenvalue weighted by molar-refractivity contribution is 7.91. The first-order valence-electron chi connectivity index (χ1n) is 5.41. The van der Waals surface area contributed by atoms with Gasteiger partial charge in [0.05, 0.1) is 5.69 Å². The van der Waals surface area contributed by atoms with Gasteiger partial charge in [-0.2, -0.15) is 9.78 Å². The van der Waals surface area contributed by atoms with Crippen LogP contribution in [0.2, 0.25) is 0 Å². The lowest BCUT2D eigenvalue weighted by atomic mass is 10.4. The molecule has 0 saturated carbocycles. The first kappa shape index (κ1) is 13.3. The number of aromatic nitrogens is 4. The number of nitrogen functional groups attached to an aromatic ring is 1. The van der Waals surface area contributed by atoms with E-state index >= 15 is 0 Å². The van der Waals surface area contributed by atoms with Crippen molar-refractivity contribution in [1.82, 2.24) is 20.0 Å². The van der Waals surface area contributed by atoms with Gasteiger partial charge in [0.2, 0.25) is 0 Å². The molecule has 8 nitrogen and oxygen atoms in total. The molecule has 0 unspecified atom stereocenters. The van der Waals surface area contributed by atoms with E-state index in [2.05, 4.69) is 20.6 Å². The number of hydrogen-bond donors (Lipinski definition) is 2. The van der Waals surface area contributed by atoms with Gasteiger partial charge in [0.25, 0.3) is 0 Å². The molecule has 0 amide bonds. The molecule has 0 atom stereocenters. The van der Waals surface area contributed by atoms with Crippen LogP contribution in [0.25, 0.3) is 5.82 Å². The molecule has 0 aliphatic carbocycles. The lowest BCUT2D eigenvalue weighted by Crippen LogP contribution is -2.07. The quantitative estimate of drug-likeness (QED) is 0.813. The standard InChI is InChI=1S/C10H14N6O2S/c1-6-4-5-7(14-13-6)16-9(11)8(19(3,17)18)10(12-2)15-16/h4-5H,11H2,1-3H3,(H,12,15). The minimum Gasteiger partial charge on any atom is -0.382 e. The Balaban J connectivity index is 2.67. The Hall–Kier alpha value is -2.16. The lowest BCUT2D eigenvalue weighted by Gasteiger charge is -2.02. The highest BCUT2D eigenvalue weighted by Gasteiger charge is 2.24. The molecular formula is C10H14N6O2S. The van der Waals surface area contributed by atoms with Crippen LogP contribution in [-0.2, 0) is 9.84 Å². The summed E-state index contributed by atoms with van der Waals surface area (Å²) in [4.78, 5) is -0.0441. The topological polar surface area (TPSA) is 116 Å². The summed E-state index contributed by atoms with van der Waals surface area (Å²) >= 11 is 0. The van der Waals surface area contributed by atoms with E-state index in [1.54, 1.807) is 26.1 Å². The lowest BCUT2D eigenvalue weighted by molar-refractivity contribution is 0.602. The van der Waals surface area contributed by atoms with E-state index in [9.17, 15) is 8.42 Å². The summed E-state index contributed by atoms with van der Waals surface area (Å²) in [5, 5.41) is 14.6. The van der Waals surface area contributed by atoms with Crippen molar-refractivity contribution in [3.8, 4) is 5.82 Å². The molecule has 0 fully saturated rings. The Kier molecular flexibility index (Phi) is 3.14. The van der Waals surface area contributed by atoms with Crippen LogP contribution < -0.4 is 11.1 Å². The molecule has 19 heavy (non-hydrogen) atoms. The fourth-order valence-electron chi connectivity index (χ4n) is 1.63. The van der Waals surface area contributed by atoms with Gasteiger partial charge in [-0.05, 0) is 19.1 Å². The van der Waals surface area contributed by atoms with Crippen LogP contribution in [0.4, 0.5) is 11.6 Å². The summed E-state index contributed by atoms with van der Waals surface area (Å²) in [6, 6.07) is 3.40. The number of hydrogen-bond acceptors (Lipinski definition) is 7. The first-order chi connectivity index (χ1) is 8.84. The van der Waals surface area contributed by atoms with Crippen LogP contribution in [-0.4, -0.2) is 41.7 Å². The van der Waals surface area contributed by atoms with Crippen LogP contribution in [0.5, 0.6) is 0 Å². The third-order valence-corrected chi connectivity index (χ3v) is 3.63. The Labute approximate surface area is 110 Å². The molecule has 2 aromatic heterocycles. The number of rotatable bonds is 3. The van der Waals surface area contributed by atoms with Crippen LogP contribution in [0.15, 0.2) is 17.0 Å². The smallest absolute Gasteiger partial charge is 0.182 e. The van der Waals surface area contributed by atoms with Gasteiger partial charge in [0.15, 0.2) is 26.4 Å². The van der Waals surface area contributed by atoms with Gasteiger partial charge in [-0.15, -0.1) is 10.2 Å². The zero-order valence-electron chi connectivity index (χ0n) is 10.7. The largest absolute Gasteiger partial charge is 0.382 e. The minimum atomic E-state index is -3.49. The van der Waals surface area contributed by atoms with Crippen molar-refractivity contribution in [1.29, 1.82) is 0 Å². The van der Waals surface area contributed by atoms with E-state index in [1.165, 1.54) is 4.68 Å². The Morgan fingerprint density at radius 1 is 1.32 bits per heavy atom. The number of aryl methyl sites for hydroxylation is 1. The van der Waals surface area contributed by atoms with E-state index in [-0.39, 0.29) is 16.5 Å². The van der Waals surface area contributed by atoms with Crippen molar-refractivity contribution < 1.29 is 8.42 Å². The van der Waals surface area contributed by atoms with E-state index < -0.39 is 9.84 Å². The molecule has 0 aliphatic rings. The Morgan fingerprint density at radius 3 is 2.42 bits per heavy atom. The van der Waals surface area contributed by atoms with Crippen LogP contribution in [0, 0.1) is 6.92 Å². The molecule has 0 aromatic carbocycles. The van der Waals surface area contributed by atoms with E-state index in [1.807, 2.05) is 0 Å². The van der Waals surface area contributed by atoms with Gasteiger partial charge < -0.3 is 11.1 Å². The maximum atomic E-state index is 11.7. The molecule has 0 aliphatic heterocycles. The van der Waals surface area contributed by atoms with E-state index in [4.69, 9.17) is 5.73 Å². The van der Waals surface area contributed by atoms with Crippen molar-refractivity contribution in [2.75, 3.05) is 24.4 Å². The fourth-order valence-corrected chi connectivity index (χ4v) is 2.59.